The molecule has 4 heteroatoms. The molecule has 0 unspecified atom stereocenters. The zero-order chi connectivity index (χ0) is 23.0. The van der Waals surface area contributed by atoms with Gasteiger partial charge in [0.15, 0.2) is 0 Å². The van der Waals surface area contributed by atoms with Crippen LogP contribution in [0.3, 0.4) is 0 Å². The van der Waals surface area contributed by atoms with Gasteiger partial charge >= 0.3 is 0 Å². The number of hydrogen-bond acceptors (Lipinski definition) is 2. The third-order valence-corrected chi connectivity index (χ3v) is 8.81. The quantitative estimate of drug-likeness (QED) is 0.152. The first-order chi connectivity index (χ1) is 15.2. The van der Waals surface area contributed by atoms with Crippen molar-refractivity contribution in [2.24, 2.45) is 5.92 Å². The topological polar surface area (TPSA) is 26.0 Å². The molecule has 0 fully saturated rings. The maximum absolute atomic E-state index is 6.52. The summed E-state index contributed by atoms with van der Waals surface area (Å²) >= 11 is 0. The number of nitrogens with zero attached hydrogens (tertiary/aromatic N) is 1. The third-order valence-electron chi connectivity index (χ3n) is 6.80. The monoisotopic (exact) mass is 635 g/mol. The van der Waals surface area contributed by atoms with E-state index in [-0.39, 0.29) is 20.1 Å². The van der Waals surface area contributed by atoms with Gasteiger partial charge in [0.25, 0.3) is 0 Å². The number of benzene rings is 2. The van der Waals surface area contributed by atoms with Gasteiger partial charge in [-0.15, -0.1) is 17.3 Å². The Morgan fingerprint density at radius 1 is 1.03 bits per heavy atom. The molecule has 0 saturated heterocycles. The zero-order valence-corrected chi connectivity index (χ0v) is 24.4. The molecule has 0 aliphatic rings. The largest absolute Gasteiger partial charge is 0.501 e. The van der Waals surface area contributed by atoms with E-state index in [0.717, 1.165) is 28.8 Å². The summed E-state index contributed by atoms with van der Waals surface area (Å²) in [4.78, 5) is 4.75. The van der Waals surface area contributed by atoms with Gasteiger partial charge < -0.3 is 9.40 Å². The van der Waals surface area contributed by atoms with Crippen LogP contribution >= 0.6 is 0 Å². The molecule has 0 spiro atoms. The maximum Gasteiger partial charge on any atom is 0.120 e. The standard InChI is InChI=1S/C29H36NOSi.Ir/c1-8-20(9-2)16-21-14-15-30-25(17-21)23-11-13-27(32(5,6)7)28-24-18-22(19(3)4)10-12-26(24)31-29(23)28;/h10,12-15,17-20H,8-9,16H2,1-7H3;/q-1;. The summed E-state index contributed by atoms with van der Waals surface area (Å²) in [6.45, 7) is 16.2. The molecular formula is C29H36IrNOSi-. The van der Waals surface area contributed by atoms with Crippen LogP contribution in [0.25, 0.3) is 33.2 Å². The number of fused-ring (bicyclic) bond motifs is 3. The van der Waals surface area contributed by atoms with E-state index in [0.29, 0.717) is 11.8 Å². The van der Waals surface area contributed by atoms with Crippen LogP contribution in [-0.2, 0) is 26.5 Å². The molecule has 0 bridgehead atoms. The van der Waals surface area contributed by atoms with Crippen molar-refractivity contribution in [3.05, 3.63) is 59.8 Å². The average molecular weight is 635 g/mol. The van der Waals surface area contributed by atoms with E-state index < -0.39 is 8.07 Å². The molecule has 2 heterocycles. The smallest absolute Gasteiger partial charge is 0.120 e. The van der Waals surface area contributed by atoms with Crippen LogP contribution in [-0.4, -0.2) is 13.1 Å². The average Bonchev–Trinajstić information content (AvgIpc) is 3.15. The number of pyridine rings is 1. The fourth-order valence-electron chi connectivity index (χ4n) is 4.63. The maximum atomic E-state index is 6.52. The summed E-state index contributed by atoms with van der Waals surface area (Å²) in [5, 5.41) is 3.90. The van der Waals surface area contributed by atoms with Crippen molar-refractivity contribution in [1.29, 1.82) is 0 Å². The second-order valence-corrected chi connectivity index (χ2v) is 15.5. The Morgan fingerprint density at radius 3 is 2.39 bits per heavy atom. The van der Waals surface area contributed by atoms with Crippen LogP contribution in [0, 0.1) is 12.0 Å². The SMILES string of the molecule is CCC(CC)Cc1ccnc(-c2[c-]cc([Si](C)(C)C)c3c2oc2ccc(C(C)C)cc23)c1.[Ir]. The van der Waals surface area contributed by atoms with Gasteiger partial charge in [-0.2, -0.15) is 0 Å². The molecule has 33 heavy (non-hydrogen) atoms. The Labute approximate surface area is 213 Å². The van der Waals surface area contributed by atoms with Gasteiger partial charge in [0.1, 0.15) is 5.58 Å². The Morgan fingerprint density at radius 2 is 1.76 bits per heavy atom. The van der Waals surface area contributed by atoms with Gasteiger partial charge in [0, 0.05) is 39.8 Å². The minimum absolute atomic E-state index is 0. The van der Waals surface area contributed by atoms with Crippen molar-refractivity contribution in [2.45, 2.75) is 72.5 Å². The second-order valence-electron chi connectivity index (χ2n) is 10.5. The van der Waals surface area contributed by atoms with Crippen LogP contribution in [0.2, 0.25) is 19.6 Å². The molecule has 0 N–H and O–H groups in total. The van der Waals surface area contributed by atoms with Crippen molar-refractivity contribution < 1.29 is 24.5 Å². The molecule has 0 saturated carbocycles. The van der Waals surface area contributed by atoms with E-state index in [4.69, 9.17) is 9.40 Å². The van der Waals surface area contributed by atoms with Crippen LogP contribution in [0.15, 0.2) is 47.0 Å². The van der Waals surface area contributed by atoms with Gasteiger partial charge in [-0.25, -0.2) is 0 Å². The molecule has 0 aliphatic carbocycles. The zero-order valence-electron chi connectivity index (χ0n) is 21.0. The van der Waals surface area contributed by atoms with Crippen molar-refractivity contribution in [3.8, 4) is 11.3 Å². The molecule has 2 aromatic carbocycles. The van der Waals surface area contributed by atoms with Gasteiger partial charge in [-0.1, -0.05) is 88.8 Å². The normalized spacial score (nSPS) is 12.2. The predicted molar refractivity (Wildman–Crippen MR) is 141 cm³/mol. The Kier molecular flexibility index (Phi) is 8.04. The van der Waals surface area contributed by atoms with Crippen molar-refractivity contribution in [2.75, 3.05) is 0 Å². The number of rotatable bonds is 7. The van der Waals surface area contributed by atoms with Crippen LogP contribution < -0.4 is 5.19 Å². The van der Waals surface area contributed by atoms with E-state index in [1.165, 1.54) is 39.9 Å². The summed E-state index contributed by atoms with van der Waals surface area (Å²) in [6, 6.07) is 16.9. The summed E-state index contributed by atoms with van der Waals surface area (Å²) < 4.78 is 6.52. The molecular weight excluding hydrogens is 599 g/mol. The predicted octanol–water partition coefficient (Wildman–Crippen LogP) is 8.09. The molecule has 0 amide bonds. The Hall–Kier alpha value is -1.74. The molecule has 177 valence electrons. The molecule has 0 atom stereocenters. The minimum Gasteiger partial charge on any atom is -0.501 e. The van der Waals surface area contributed by atoms with E-state index in [1.54, 1.807) is 0 Å². The van der Waals surface area contributed by atoms with Crippen LogP contribution in [0.5, 0.6) is 0 Å². The molecule has 0 aliphatic heterocycles. The van der Waals surface area contributed by atoms with E-state index >= 15 is 0 Å². The fraction of sp³-hybridized carbons (Fsp3) is 0.414. The number of furan rings is 1. The minimum atomic E-state index is -1.60. The van der Waals surface area contributed by atoms with E-state index in [1.807, 2.05) is 6.20 Å². The Bertz CT molecular complexity index is 1250. The van der Waals surface area contributed by atoms with Gasteiger partial charge in [-0.3, -0.25) is 0 Å². The van der Waals surface area contributed by atoms with Crippen LogP contribution in [0.1, 0.15) is 57.6 Å². The molecule has 1 radical (unpaired) electrons. The first-order valence-corrected chi connectivity index (χ1v) is 15.6. The molecule has 4 rings (SSSR count). The molecule has 2 nitrogen and oxygen atoms in total. The van der Waals surface area contributed by atoms with E-state index in [9.17, 15) is 0 Å². The van der Waals surface area contributed by atoms with Crippen molar-refractivity contribution >= 4 is 35.2 Å². The number of hydrogen-bond donors (Lipinski definition) is 0. The summed E-state index contributed by atoms with van der Waals surface area (Å²) in [5.41, 5.74) is 6.53. The van der Waals surface area contributed by atoms with Gasteiger partial charge in [0.2, 0.25) is 0 Å². The second kappa shape index (κ2) is 10.3. The van der Waals surface area contributed by atoms with E-state index in [2.05, 4.69) is 89.8 Å². The molecule has 2 aromatic heterocycles. The molecule has 4 aromatic rings. The van der Waals surface area contributed by atoms with Gasteiger partial charge in [-0.05, 0) is 47.7 Å². The van der Waals surface area contributed by atoms with Crippen LogP contribution in [0.4, 0.5) is 0 Å². The summed E-state index contributed by atoms with van der Waals surface area (Å²) in [6.07, 6.45) is 5.45. The first-order valence-electron chi connectivity index (χ1n) is 12.1. The van der Waals surface area contributed by atoms with Crippen molar-refractivity contribution in [1.82, 2.24) is 4.98 Å². The summed E-state index contributed by atoms with van der Waals surface area (Å²) in [7, 11) is -1.60. The van der Waals surface area contributed by atoms with Crippen molar-refractivity contribution in [3.63, 3.8) is 0 Å². The number of aromatic nitrogens is 1. The Balaban J connectivity index is 0.00000306. The summed E-state index contributed by atoms with van der Waals surface area (Å²) in [5.74, 6) is 1.20. The first kappa shape index (κ1) is 25.9. The fourth-order valence-corrected chi connectivity index (χ4v) is 6.13. The third kappa shape index (κ3) is 5.19. The van der Waals surface area contributed by atoms with Gasteiger partial charge in [0.05, 0.1) is 5.58 Å².